The summed E-state index contributed by atoms with van der Waals surface area (Å²) in [6.07, 6.45) is 5.56. The second-order valence-electron chi connectivity index (χ2n) is 5.96. The van der Waals surface area contributed by atoms with E-state index < -0.39 is 0 Å². The van der Waals surface area contributed by atoms with E-state index in [1.54, 1.807) is 13.3 Å². The van der Waals surface area contributed by atoms with Gasteiger partial charge in [0, 0.05) is 18.9 Å². The third-order valence-electron chi connectivity index (χ3n) is 4.23. The van der Waals surface area contributed by atoms with Gasteiger partial charge in [0.15, 0.2) is 0 Å². The Morgan fingerprint density at radius 3 is 2.77 bits per heavy atom. The molecule has 1 saturated carbocycles. The summed E-state index contributed by atoms with van der Waals surface area (Å²) in [5, 5.41) is 7.45. The molecule has 1 aliphatic rings. The molecule has 0 radical (unpaired) electrons. The number of carbonyl (C=O) groups excluding carboxylic acids is 1. The standard InChI is InChI=1S/C17H21N3O2/c1-13(19-16(21)17(8-9-17)12-22-2)14-10-18-20(11-14)15-6-4-3-5-7-15/h3-7,10-11,13H,8-9,12H2,1-2H3,(H,19,21)/t13-/m0/s1. The average Bonchev–Trinajstić information content (AvgIpc) is 3.15. The van der Waals surface area contributed by atoms with Gasteiger partial charge in [-0.2, -0.15) is 5.10 Å². The van der Waals surface area contributed by atoms with Crippen LogP contribution in [-0.4, -0.2) is 29.4 Å². The first kappa shape index (κ1) is 14.8. The lowest BCUT2D eigenvalue weighted by Gasteiger charge is -2.18. The average molecular weight is 299 g/mol. The normalized spacial score (nSPS) is 17.0. The van der Waals surface area contributed by atoms with Crippen LogP contribution in [-0.2, 0) is 9.53 Å². The van der Waals surface area contributed by atoms with E-state index in [0.29, 0.717) is 6.61 Å². The van der Waals surface area contributed by atoms with Crippen LogP contribution in [0.5, 0.6) is 0 Å². The number of nitrogens with zero attached hydrogens (tertiary/aromatic N) is 2. The highest BCUT2D eigenvalue weighted by molar-refractivity contribution is 5.85. The molecule has 2 aromatic rings. The van der Waals surface area contributed by atoms with Gasteiger partial charge in [0.1, 0.15) is 0 Å². The minimum atomic E-state index is -0.307. The van der Waals surface area contributed by atoms with Gasteiger partial charge in [-0.15, -0.1) is 0 Å². The van der Waals surface area contributed by atoms with Crippen molar-refractivity contribution < 1.29 is 9.53 Å². The van der Waals surface area contributed by atoms with E-state index in [9.17, 15) is 4.79 Å². The number of aromatic nitrogens is 2. The number of amides is 1. The first-order chi connectivity index (χ1) is 10.6. The van der Waals surface area contributed by atoms with Crippen LogP contribution in [0.4, 0.5) is 0 Å². The van der Waals surface area contributed by atoms with Crippen LogP contribution < -0.4 is 5.32 Å². The number of hydrogen-bond acceptors (Lipinski definition) is 3. The summed E-state index contributed by atoms with van der Waals surface area (Å²) in [5.74, 6) is 0.0781. The monoisotopic (exact) mass is 299 g/mol. The molecule has 1 atom stereocenters. The molecule has 1 aromatic heterocycles. The van der Waals surface area contributed by atoms with Crippen LogP contribution in [0.25, 0.3) is 5.69 Å². The molecule has 1 aromatic carbocycles. The summed E-state index contributed by atoms with van der Waals surface area (Å²) in [7, 11) is 1.64. The number of benzene rings is 1. The topological polar surface area (TPSA) is 56.1 Å². The number of hydrogen-bond donors (Lipinski definition) is 1. The van der Waals surface area contributed by atoms with Gasteiger partial charge in [0.2, 0.25) is 5.91 Å². The number of carbonyl (C=O) groups is 1. The van der Waals surface area contributed by atoms with Gasteiger partial charge in [-0.1, -0.05) is 18.2 Å². The zero-order valence-electron chi connectivity index (χ0n) is 13.0. The predicted octanol–water partition coefficient (Wildman–Crippen LogP) is 2.48. The summed E-state index contributed by atoms with van der Waals surface area (Å²) in [6, 6.07) is 9.85. The Labute approximate surface area is 130 Å². The molecule has 5 nitrogen and oxygen atoms in total. The second kappa shape index (κ2) is 5.93. The van der Waals surface area contributed by atoms with Gasteiger partial charge in [-0.3, -0.25) is 4.79 Å². The third kappa shape index (κ3) is 2.90. The first-order valence-electron chi connectivity index (χ1n) is 7.54. The molecule has 3 rings (SSSR count). The van der Waals surface area contributed by atoms with E-state index in [2.05, 4.69) is 10.4 Å². The molecule has 0 aliphatic heterocycles. The molecule has 0 unspecified atom stereocenters. The van der Waals surface area contributed by atoms with E-state index in [0.717, 1.165) is 24.1 Å². The highest BCUT2D eigenvalue weighted by Gasteiger charge is 2.50. The molecular formula is C17H21N3O2. The molecule has 1 aliphatic carbocycles. The highest BCUT2D eigenvalue weighted by Crippen LogP contribution is 2.46. The third-order valence-corrected chi connectivity index (χ3v) is 4.23. The van der Waals surface area contributed by atoms with Gasteiger partial charge < -0.3 is 10.1 Å². The molecule has 5 heteroatoms. The minimum Gasteiger partial charge on any atom is -0.384 e. The Bertz CT molecular complexity index is 647. The number of para-hydroxylation sites is 1. The van der Waals surface area contributed by atoms with Crippen molar-refractivity contribution in [3.63, 3.8) is 0 Å². The van der Waals surface area contributed by atoms with Gasteiger partial charge in [0.05, 0.1) is 29.9 Å². The molecule has 0 bridgehead atoms. The molecule has 1 N–H and O–H groups in total. The van der Waals surface area contributed by atoms with Crippen molar-refractivity contribution in [2.75, 3.05) is 13.7 Å². The van der Waals surface area contributed by atoms with E-state index in [1.165, 1.54) is 0 Å². The molecular weight excluding hydrogens is 278 g/mol. The number of rotatable bonds is 6. The SMILES string of the molecule is COCC1(C(=O)N[C@@H](C)c2cnn(-c3ccccc3)c2)CC1. The van der Waals surface area contributed by atoms with Gasteiger partial charge in [-0.05, 0) is 31.9 Å². The fourth-order valence-corrected chi connectivity index (χ4v) is 2.58. The van der Waals surface area contributed by atoms with Crippen LogP contribution in [0.1, 0.15) is 31.4 Å². The number of methoxy groups -OCH3 is 1. The Hall–Kier alpha value is -2.14. The summed E-state index contributed by atoms with van der Waals surface area (Å²) in [4.78, 5) is 12.4. The maximum atomic E-state index is 12.4. The molecule has 0 saturated heterocycles. The molecule has 22 heavy (non-hydrogen) atoms. The van der Waals surface area contributed by atoms with Crippen molar-refractivity contribution in [3.8, 4) is 5.69 Å². The van der Waals surface area contributed by atoms with Crippen molar-refractivity contribution in [1.29, 1.82) is 0 Å². The summed E-state index contributed by atoms with van der Waals surface area (Å²) in [5.41, 5.74) is 1.69. The van der Waals surface area contributed by atoms with Crippen LogP contribution in [0, 0.1) is 5.41 Å². The smallest absolute Gasteiger partial charge is 0.229 e. The largest absolute Gasteiger partial charge is 0.384 e. The first-order valence-corrected chi connectivity index (χ1v) is 7.54. The van der Waals surface area contributed by atoms with E-state index in [-0.39, 0.29) is 17.4 Å². The fourth-order valence-electron chi connectivity index (χ4n) is 2.58. The highest BCUT2D eigenvalue weighted by atomic mass is 16.5. The molecule has 1 amide bonds. The van der Waals surface area contributed by atoms with Crippen molar-refractivity contribution in [1.82, 2.24) is 15.1 Å². The van der Waals surface area contributed by atoms with Crippen molar-refractivity contribution in [2.45, 2.75) is 25.8 Å². The number of ether oxygens (including phenoxy) is 1. The molecule has 1 fully saturated rings. The van der Waals surface area contributed by atoms with Gasteiger partial charge in [0.25, 0.3) is 0 Å². The zero-order chi connectivity index (χ0) is 15.6. The maximum Gasteiger partial charge on any atom is 0.229 e. The minimum absolute atomic E-state index is 0.0701. The van der Waals surface area contributed by atoms with Crippen molar-refractivity contribution >= 4 is 5.91 Å². The van der Waals surface area contributed by atoms with Crippen LogP contribution in [0.2, 0.25) is 0 Å². The van der Waals surface area contributed by atoms with Crippen LogP contribution in [0.15, 0.2) is 42.7 Å². The van der Waals surface area contributed by atoms with Crippen molar-refractivity contribution in [2.24, 2.45) is 5.41 Å². The Morgan fingerprint density at radius 2 is 2.14 bits per heavy atom. The quantitative estimate of drug-likeness (QED) is 0.891. The Morgan fingerprint density at radius 1 is 1.41 bits per heavy atom. The van der Waals surface area contributed by atoms with Crippen LogP contribution >= 0.6 is 0 Å². The lowest BCUT2D eigenvalue weighted by Crippen LogP contribution is -2.36. The van der Waals surface area contributed by atoms with Crippen molar-refractivity contribution in [3.05, 3.63) is 48.3 Å². The lowest BCUT2D eigenvalue weighted by atomic mass is 10.1. The molecule has 1 heterocycles. The van der Waals surface area contributed by atoms with E-state index in [1.807, 2.05) is 48.1 Å². The predicted molar refractivity (Wildman–Crippen MR) is 83.7 cm³/mol. The summed E-state index contributed by atoms with van der Waals surface area (Å²) < 4.78 is 6.98. The number of nitrogens with one attached hydrogen (secondary N) is 1. The Kier molecular flexibility index (Phi) is 3.98. The zero-order valence-corrected chi connectivity index (χ0v) is 13.0. The molecule has 116 valence electrons. The Balaban J connectivity index is 1.67. The van der Waals surface area contributed by atoms with Gasteiger partial charge in [-0.25, -0.2) is 4.68 Å². The summed E-state index contributed by atoms with van der Waals surface area (Å²) in [6.45, 7) is 2.47. The van der Waals surface area contributed by atoms with E-state index in [4.69, 9.17) is 4.74 Å². The summed E-state index contributed by atoms with van der Waals surface area (Å²) >= 11 is 0. The van der Waals surface area contributed by atoms with E-state index >= 15 is 0 Å². The van der Waals surface area contributed by atoms with Crippen LogP contribution in [0.3, 0.4) is 0 Å². The maximum absolute atomic E-state index is 12.4. The second-order valence-corrected chi connectivity index (χ2v) is 5.96. The fraction of sp³-hybridized carbons (Fsp3) is 0.412. The molecule has 0 spiro atoms. The van der Waals surface area contributed by atoms with Gasteiger partial charge >= 0.3 is 0 Å². The lowest BCUT2D eigenvalue weighted by molar-refractivity contribution is -0.128.